The first kappa shape index (κ1) is 11.3. The molecule has 0 atom stereocenters. The van der Waals surface area contributed by atoms with Crippen molar-refractivity contribution in [1.82, 2.24) is 5.48 Å². The molecule has 0 aliphatic heterocycles. The van der Waals surface area contributed by atoms with Gasteiger partial charge in [-0.15, -0.1) is 0 Å². The minimum absolute atomic E-state index is 0.346. The third-order valence-electron chi connectivity index (χ3n) is 1.89. The Bertz CT molecular complexity index is 351. The van der Waals surface area contributed by atoms with Gasteiger partial charge < -0.3 is 4.74 Å². The highest BCUT2D eigenvalue weighted by Crippen LogP contribution is 2.16. The predicted molar refractivity (Wildman–Crippen MR) is 56.0 cm³/mol. The van der Waals surface area contributed by atoms with E-state index >= 15 is 0 Å². The Labute approximate surface area is 88.2 Å². The number of hydrogen-bond donors (Lipinski definition) is 2. The van der Waals surface area contributed by atoms with Crippen LogP contribution >= 0.6 is 0 Å². The fourth-order valence-corrected chi connectivity index (χ4v) is 1.20. The molecule has 0 heterocycles. The fourth-order valence-electron chi connectivity index (χ4n) is 1.20. The van der Waals surface area contributed by atoms with Crippen molar-refractivity contribution in [1.29, 1.82) is 0 Å². The van der Waals surface area contributed by atoms with Crippen molar-refractivity contribution < 1.29 is 14.7 Å². The number of carbonyl (C=O) groups is 1. The summed E-state index contributed by atoms with van der Waals surface area (Å²) in [6, 6.07) is 0. The second-order valence-electron chi connectivity index (χ2n) is 2.93. The zero-order valence-electron chi connectivity index (χ0n) is 8.43. The molecule has 0 saturated carbocycles. The molecule has 1 aliphatic rings. The highest BCUT2D eigenvalue weighted by atomic mass is 16.5. The van der Waals surface area contributed by atoms with Crippen LogP contribution in [-0.2, 0) is 9.53 Å². The number of methoxy groups -OCH3 is 1. The van der Waals surface area contributed by atoms with E-state index in [4.69, 9.17) is 5.21 Å². The molecule has 0 fully saturated rings. The Morgan fingerprint density at radius 2 is 2.47 bits per heavy atom. The van der Waals surface area contributed by atoms with Crippen LogP contribution in [0.25, 0.3) is 0 Å². The Balaban J connectivity index is 2.75. The van der Waals surface area contributed by atoms with Gasteiger partial charge in [-0.05, 0) is 24.1 Å². The van der Waals surface area contributed by atoms with Crippen LogP contribution in [0.1, 0.15) is 6.42 Å². The molecule has 15 heavy (non-hydrogen) atoms. The number of esters is 1. The summed E-state index contributed by atoms with van der Waals surface area (Å²) in [4.78, 5) is 11.2. The zero-order chi connectivity index (χ0) is 11.1. The van der Waals surface area contributed by atoms with E-state index in [1.54, 1.807) is 24.3 Å². The van der Waals surface area contributed by atoms with Gasteiger partial charge in [0.2, 0.25) is 0 Å². The Hall–Kier alpha value is -1.81. The van der Waals surface area contributed by atoms with Crippen molar-refractivity contribution in [2.24, 2.45) is 0 Å². The molecule has 2 N–H and O–H groups in total. The van der Waals surface area contributed by atoms with E-state index in [1.165, 1.54) is 13.3 Å². The number of rotatable bonds is 3. The van der Waals surface area contributed by atoms with Crippen molar-refractivity contribution in [3.8, 4) is 0 Å². The maximum absolute atomic E-state index is 11.2. The largest absolute Gasteiger partial charge is 0.465 e. The number of nitrogens with one attached hydrogen (secondary N) is 1. The van der Waals surface area contributed by atoms with Crippen LogP contribution in [0.2, 0.25) is 0 Å². The molecule has 0 bridgehead atoms. The van der Waals surface area contributed by atoms with Gasteiger partial charge in [0.15, 0.2) is 0 Å². The van der Waals surface area contributed by atoms with Crippen LogP contribution in [0.5, 0.6) is 0 Å². The van der Waals surface area contributed by atoms with E-state index in [0.717, 1.165) is 12.0 Å². The lowest BCUT2D eigenvalue weighted by molar-refractivity contribution is -0.135. The van der Waals surface area contributed by atoms with Crippen LogP contribution < -0.4 is 5.48 Å². The maximum Gasteiger partial charge on any atom is 0.337 e. The molecule has 0 amide bonds. The highest BCUT2D eigenvalue weighted by Gasteiger charge is 2.09. The van der Waals surface area contributed by atoms with Crippen molar-refractivity contribution >= 4 is 5.97 Å². The molecule has 1 aliphatic carbocycles. The van der Waals surface area contributed by atoms with E-state index in [2.05, 4.69) is 4.74 Å². The average molecular weight is 207 g/mol. The molecular weight excluding hydrogens is 194 g/mol. The van der Waals surface area contributed by atoms with Gasteiger partial charge in [-0.25, -0.2) is 4.79 Å². The van der Waals surface area contributed by atoms with Crippen molar-refractivity contribution in [3.05, 3.63) is 47.7 Å². The first-order valence-electron chi connectivity index (χ1n) is 4.50. The summed E-state index contributed by atoms with van der Waals surface area (Å²) < 4.78 is 4.61. The predicted octanol–water partition coefficient (Wildman–Crippen LogP) is 1.46. The average Bonchev–Trinajstić information content (AvgIpc) is 2.29. The molecule has 0 aromatic heterocycles. The van der Waals surface area contributed by atoms with Gasteiger partial charge in [0.25, 0.3) is 0 Å². The van der Waals surface area contributed by atoms with Crippen LogP contribution in [0.15, 0.2) is 47.7 Å². The van der Waals surface area contributed by atoms with Gasteiger partial charge in [0.1, 0.15) is 0 Å². The summed E-state index contributed by atoms with van der Waals surface area (Å²) in [5.74, 6) is -0.346. The molecule has 0 aromatic rings. The molecule has 0 radical (unpaired) electrons. The minimum Gasteiger partial charge on any atom is -0.465 e. The van der Waals surface area contributed by atoms with Gasteiger partial charge in [0, 0.05) is 6.20 Å². The third-order valence-corrected chi connectivity index (χ3v) is 1.89. The van der Waals surface area contributed by atoms with Gasteiger partial charge in [0.05, 0.1) is 12.7 Å². The number of allylic oxidation sites excluding steroid dienone is 5. The fraction of sp³-hybridized carbons (Fsp3) is 0.182. The Kier molecular flexibility index (Phi) is 4.37. The lowest BCUT2D eigenvalue weighted by Gasteiger charge is -2.06. The maximum atomic E-state index is 11.2. The molecule has 0 saturated heterocycles. The number of ether oxygens (including phenoxy) is 1. The summed E-state index contributed by atoms with van der Waals surface area (Å²) in [5, 5.41) is 8.30. The molecular formula is C11H13NO3. The molecule has 1 rings (SSSR count). The van der Waals surface area contributed by atoms with Gasteiger partial charge in [-0.1, -0.05) is 18.2 Å². The van der Waals surface area contributed by atoms with Crippen LogP contribution in [-0.4, -0.2) is 18.3 Å². The normalized spacial score (nSPS) is 18.0. The first-order valence-corrected chi connectivity index (χ1v) is 4.50. The lowest BCUT2D eigenvalue weighted by atomic mass is 10.0. The number of hydroxylamine groups is 1. The summed E-state index contributed by atoms with van der Waals surface area (Å²) in [6.45, 7) is 0. The molecule has 0 spiro atoms. The second kappa shape index (κ2) is 5.82. The molecule has 4 nitrogen and oxygen atoms in total. The SMILES string of the molecule is COC(=O)C1=C/C(=C/C=C\NO)CC=C1. The van der Waals surface area contributed by atoms with Crippen molar-refractivity contribution in [2.75, 3.05) is 7.11 Å². The van der Waals surface area contributed by atoms with Crippen LogP contribution in [0, 0.1) is 0 Å². The Morgan fingerprint density at radius 1 is 1.67 bits per heavy atom. The minimum atomic E-state index is -0.346. The van der Waals surface area contributed by atoms with E-state index in [0.29, 0.717) is 5.57 Å². The van der Waals surface area contributed by atoms with Crippen molar-refractivity contribution in [3.63, 3.8) is 0 Å². The lowest BCUT2D eigenvalue weighted by Crippen LogP contribution is -2.04. The monoisotopic (exact) mass is 207 g/mol. The topological polar surface area (TPSA) is 58.6 Å². The molecule has 0 unspecified atom stereocenters. The molecule has 0 aromatic carbocycles. The van der Waals surface area contributed by atoms with Crippen molar-refractivity contribution in [2.45, 2.75) is 6.42 Å². The third kappa shape index (κ3) is 3.44. The quantitative estimate of drug-likeness (QED) is 0.543. The number of carbonyl (C=O) groups excluding carboxylic acids is 1. The Morgan fingerprint density at radius 3 is 3.13 bits per heavy atom. The van der Waals surface area contributed by atoms with Crippen LogP contribution in [0.4, 0.5) is 0 Å². The van der Waals surface area contributed by atoms with E-state index in [-0.39, 0.29) is 5.97 Å². The molecule has 80 valence electrons. The van der Waals surface area contributed by atoms with Gasteiger partial charge in [-0.3, -0.25) is 10.7 Å². The van der Waals surface area contributed by atoms with Crippen LogP contribution in [0.3, 0.4) is 0 Å². The summed E-state index contributed by atoms with van der Waals surface area (Å²) in [7, 11) is 1.35. The van der Waals surface area contributed by atoms with E-state index in [1.807, 2.05) is 11.6 Å². The highest BCUT2D eigenvalue weighted by molar-refractivity contribution is 5.92. The molecule has 4 heteroatoms. The first-order chi connectivity index (χ1) is 7.27. The smallest absolute Gasteiger partial charge is 0.337 e. The van der Waals surface area contributed by atoms with Gasteiger partial charge in [-0.2, -0.15) is 0 Å². The second-order valence-corrected chi connectivity index (χ2v) is 2.93. The van der Waals surface area contributed by atoms with E-state index < -0.39 is 0 Å². The summed E-state index contributed by atoms with van der Waals surface area (Å²) in [5.41, 5.74) is 3.40. The standard InChI is InChI=1S/C11H13NO3/c1-15-11(13)10-6-2-4-9(8-10)5-3-7-12-14/h2-3,5-8,12,14H,4H2,1H3/b7-3-,9-5+. The van der Waals surface area contributed by atoms with Gasteiger partial charge >= 0.3 is 5.97 Å². The zero-order valence-corrected chi connectivity index (χ0v) is 8.43. The van der Waals surface area contributed by atoms with E-state index in [9.17, 15) is 4.79 Å². The number of hydrogen-bond acceptors (Lipinski definition) is 4. The summed E-state index contributed by atoms with van der Waals surface area (Å²) in [6.07, 6.45) is 11.0. The summed E-state index contributed by atoms with van der Waals surface area (Å²) >= 11 is 0.